The van der Waals surface area contributed by atoms with Gasteiger partial charge in [0, 0.05) is 5.54 Å². The summed E-state index contributed by atoms with van der Waals surface area (Å²) in [7, 11) is 0. The van der Waals surface area contributed by atoms with Crippen LogP contribution in [0.25, 0.3) is 0 Å². The zero-order valence-corrected chi connectivity index (χ0v) is 7.13. The fourth-order valence-corrected chi connectivity index (χ4v) is 0.378. The second-order valence-corrected chi connectivity index (χ2v) is 3.27. The van der Waals surface area contributed by atoms with Gasteiger partial charge in [-0.2, -0.15) is 0 Å². The first-order chi connectivity index (χ1) is 4.83. The van der Waals surface area contributed by atoms with E-state index in [0.29, 0.717) is 0 Å². The monoisotopic (exact) mass is 161 g/mol. The number of rotatable bonds is 3. The highest BCUT2D eigenvalue weighted by Crippen LogP contribution is 1.98. The summed E-state index contributed by atoms with van der Waals surface area (Å²) < 4.78 is 4.65. The number of hydrogen-bond acceptors (Lipinski definition) is 4. The standard InChI is InChI=1S/C7H15NO3/c1-5(9)6(10)11-4-7(2,3)8/h5,9H,4,8H2,1-3H3. The molecule has 0 saturated heterocycles. The Bertz CT molecular complexity index is 137. The molecule has 0 bridgehead atoms. The molecule has 0 heterocycles. The van der Waals surface area contributed by atoms with Crippen LogP contribution in [-0.4, -0.2) is 29.3 Å². The van der Waals surface area contributed by atoms with E-state index in [4.69, 9.17) is 10.8 Å². The molecule has 1 unspecified atom stereocenters. The van der Waals surface area contributed by atoms with Gasteiger partial charge in [0.25, 0.3) is 0 Å². The minimum Gasteiger partial charge on any atom is -0.462 e. The molecule has 0 saturated carbocycles. The Kier molecular flexibility index (Phi) is 3.48. The van der Waals surface area contributed by atoms with Crippen LogP contribution in [0.1, 0.15) is 20.8 Å². The van der Waals surface area contributed by atoms with Crippen LogP contribution >= 0.6 is 0 Å². The molecule has 0 aromatic carbocycles. The van der Waals surface area contributed by atoms with Crippen LogP contribution in [0.5, 0.6) is 0 Å². The summed E-state index contributed by atoms with van der Waals surface area (Å²) >= 11 is 0. The van der Waals surface area contributed by atoms with Crippen LogP contribution in [0.15, 0.2) is 0 Å². The Hall–Kier alpha value is -0.610. The van der Waals surface area contributed by atoms with Crippen LogP contribution in [0, 0.1) is 0 Å². The van der Waals surface area contributed by atoms with Crippen LogP contribution in [0.3, 0.4) is 0 Å². The zero-order chi connectivity index (χ0) is 9.07. The number of carbonyl (C=O) groups excluding carboxylic acids is 1. The lowest BCUT2D eigenvalue weighted by atomic mass is 10.1. The van der Waals surface area contributed by atoms with Crippen molar-refractivity contribution in [2.45, 2.75) is 32.4 Å². The molecule has 0 rings (SSSR count). The van der Waals surface area contributed by atoms with Crippen molar-refractivity contribution >= 4 is 5.97 Å². The number of ether oxygens (including phenoxy) is 1. The highest BCUT2D eigenvalue weighted by molar-refractivity contribution is 5.73. The summed E-state index contributed by atoms with van der Waals surface area (Å²) in [6, 6.07) is 0. The minimum absolute atomic E-state index is 0.122. The summed E-state index contributed by atoms with van der Waals surface area (Å²) in [5.74, 6) is -0.636. The predicted molar refractivity (Wildman–Crippen MR) is 40.9 cm³/mol. The van der Waals surface area contributed by atoms with Gasteiger partial charge in [0.05, 0.1) is 0 Å². The molecule has 3 N–H and O–H groups in total. The normalized spacial score (nSPS) is 14.3. The van der Waals surface area contributed by atoms with E-state index in [1.807, 2.05) is 0 Å². The molecule has 0 spiro atoms. The largest absolute Gasteiger partial charge is 0.462 e. The van der Waals surface area contributed by atoms with Gasteiger partial charge in [0.15, 0.2) is 0 Å². The van der Waals surface area contributed by atoms with Gasteiger partial charge in [0.2, 0.25) is 0 Å². The van der Waals surface area contributed by atoms with Crippen molar-refractivity contribution in [1.82, 2.24) is 0 Å². The van der Waals surface area contributed by atoms with Gasteiger partial charge >= 0.3 is 5.97 Å². The molecule has 0 aliphatic rings. The number of aliphatic hydroxyl groups excluding tert-OH is 1. The molecule has 0 radical (unpaired) electrons. The first kappa shape index (κ1) is 10.4. The molecule has 0 fully saturated rings. The summed E-state index contributed by atoms with van der Waals surface area (Å²) in [6.07, 6.45) is -1.07. The van der Waals surface area contributed by atoms with Crippen LogP contribution in [-0.2, 0) is 9.53 Å². The van der Waals surface area contributed by atoms with Gasteiger partial charge in [-0.25, -0.2) is 4.79 Å². The average molecular weight is 161 g/mol. The van der Waals surface area contributed by atoms with Crippen LogP contribution in [0.2, 0.25) is 0 Å². The van der Waals surface area contributed by atoms with E-state index in [2.05, 4.69) is 4.74 Å². The zero-order valence-electron chi connectivity index (χ0n) is 7.13. The summed E-state index contributed by atoms with van der Waals surface area (Å²) in [6.45, 7) is 4.95. The summed E-state index contributed by atoms with van der Waals surface area (Å²) in [5, 5.41) is 8.70. The Labute approximate surface area is 66.3 Å². The highest BCUT2D eigenvalue weighted by atomic mass is 16.5. The number of esters is 1. The highest BCUT2D eigenvalue weighted by Gasteiger charge is 2.16. The number of nitrogens with two attached hydrogens (primary N) is 1. The van der Waals surface area contributed by atoms with E-state index in [1.165, 1.54) is 6.92 Å². The van der Waals surface area contributed by atoms with Gasteiger partial charge in [0.1, 0.15) is 12.7 Å². The number of hydrogen-bond donors (Lipinski definition) is 2. The van der Waals surface area contributed by atoms with Crippen molar-refractivity contribution in [1.29, 1.82) is 0 Å². The van der Waals surface area contributed by atoms with Crippen molar-refractivity contribution in [2.24, 2.45) is 5.73 Å². The van der Waals surface area contributed by atoms with E-state index in [9.17, 15) is 4.79 Å². The van der Waals surface area contributed by atoms with Crippen molar-refractivity contribution in [2.75, 3.05) is 6.61 Å². The molecular formula is C7H15NO3. The molecule has 0 aliphatic heterocycles. The molecule has 4 nitrogen and oxygen atoms in total. The lowest BCUT2D eigenvalue weighted by molar-refractivity contribution is -0.154. The Morgan fingerprint density at radius 3 is 2.45 bits per heavy atom. The van der Waals surface area contributed by atoms with E-state index in [1.54, 1.807) is 13.8 Å². The molecule has 1 atom stereocenters. The summed E-state index contributed by atoms with van der Waals surface area (Å²) in [5.41, 5.74) is 4.99. The SMILES string of the molecule is CC(O)C(=O)OCC(C)(C)N. The quantitative estimate of drug-likeness (QED) is 0.555. The molecular weight excluding hydrogens is 146 g/mol. The van der Waals surface area contributed by atoms with Gasteiger partial charge in [-0.1, -0.05) is 0 Å². The van der Waals surface area contributed by atoms with Crippen LogP contribution in [0.4, 0.5) is 0 Å². The Morgan fingerprint density at radius 2 is 2.18 bits per heavy atom. The van der Waals surface area contributed by atoms with Gasteiger partial charge < -0.3 is 15.6 Å². The van der Waals surface area contributed by atoms with Crippen molar-refractivity contribution < 1.29 is 14.6 Å². The molecule has 66 valence electrons. The van der Waals surface area contributed by atoms with Gasteiger partial charge in [-0.15, -0.1) is 0 Å². The Morgan fingerprint density at radius 1 is 1.73 bits per heavy atom. The van der Waals surface area contributed by atoms with E-state index < -0.39 is 17.6 Å². The van der Waals surface area contributed by atoms with Crippen molar-refractivity contribution in [3.8, 4) is 0 Å². The maximum absolute atomic E-state index is 10.7. The third-order valence-corrected chi connectivity index (χ3v) is 0.928. The van der Waals surface area contributed by atoms with Crippen LogP contribution < -0.4 is 5.73 Å². The molecule has 0 aliphatic carbocycles. The number of carbonyl (C=O) groups is 1. The fourth-order valence-electron chi connectivity index (χ4n) is 0.378. The topological polar surface area (TPSA) is 72.5 Å². The predicted octanol–water partition coefficient (Wildman–Crippen LogP) is -0.352. The molecule has 0 aromatic rings. The minimum atomic E-state index is -1.07. The molecule has 4 heteroatoms. The molecule has 11 heavy (non-hydrogen) atoms. The number of aliphatic hydroxyl groups is 1. The third-order valence-electron chi connectivity index (χ3n) is 0.928. The second-order valence-electron chi connectivity index (χ2n) is 3.27. The summed E-state index contributed by atoms with van der Waals surface area (Å²) in [4.78, 5) is 10.7. The first-order valence-electron chi connectivity index (χ1n) is 3.46. The van der Waals surface area contributed by atoms with E-state index >= 15 is 0 Å². The molecule has 0 amide bonds. The average Bonchev–Trinajstić information content (AvgIpc) is 1.80. The van der Waals surface area contributed by atoms with Gasteiger partial charge in [-0.3, -0.25) is 0 Å². The molecule has 0 aromatic heterocycles. The maximum atomic E-state index is 10.7. The maximum Gasteiger partial charge on any atom is 0.334 e. The second kappa shape index (κ2) is 3.69. The van der Waals surface area contributed by atoms with E-state index in [-0.39, 0.29) is 6.61 Å². The lowest BCUT2D eigenvalue weighted by Crippen LogP contribution is -2.39. The fraction of sp³-hybridized carbons (Fsp3) is 0.857. The lowest BCUT2D eigenvalue weighted by Gasteiger charge is -2.18. The first-order valence-corrected chi connectivity index (χ1v) is 3.46. The van der Waals surface area contributed by atoms with Crippen molar-refractivity contribution in [3.05, 3.63) is 0 Å². The third kappa shape index (κ3) is 5.82. The van der Waals surface area contributed by atoms with Gasteiger partial charge in [-0.05, 0) is 20.8 Å². The smallest absolute Gasteiger partial charge is 0.334 e. The van der Waals surface area contributed by atoms with Crippen molar-refractivity contribution in [3.63, 3.8) is 0 Å². The Balaban J connectivity index is 3.64. The van der Waals surface area contributed by atoms with E-state index in [0.717, 1.165) is 0 Å².